The highest BCUT2D eigenvalue weighted by Crippen LogP contribution is 2.46. The zero-order valence-electron chi connectivity index (χ0n) is 9.93. The van der Waals surface area contributed by atoms with Crippen molar-refractivity contribution in [2.45, 2.75) is 45.7 Å². The number of nitriles is 1. The molecule has 0 radical (unpaired) electrons. The van der Waals surface area contributed by atoms with Gasteiger partial charge in [0.2, 0.25) is 0 Å². The zero-order chi connectivity index (χ0) is 12.3. The predicted octanol–water partition coefficient (Wildman–Crippen LogP) is 3.75. The van der Waals surface area contributed by atoms with Crippen molar-refractivity contribution in [3.63, 3.8) is 0 Å². The van der Waals surface area contributed by atoms with Gasteiger partial charge in [-0.05, 0) is 26.2 Å². The highest BCUT2D eigenvalue weighted by molar-refractivity contribution is 7.16. The summed E-state index contributed by atoms with van der Waals surface area (Å²) in [6.07, 6.45) is 2.18. The van der Waals surface area contributed by atoms with Gasteiger partial charge in [0.05, 0.1) is 5.56 Å². The molecule has 1 aromatic rings. The lowest BCUT2D eigenvalue weighted by Crippen LogP contribution is -2.21. The quantitative estimate of drug-likeness (QED) is 0.750. The monoisotopic (exact) mass is 240 g/mol. The van der Waals surface area contributed by atoms with Gasteiger partial charge in [-0.15, -0.1) is 11.3 Å². The molecule has 0 spiro atoms. The summed E-state index contributed by atoms with van der Waals surface area (Å²) in [5.74, 6) is 0. The minimum absolute atomic E-state index is 0.356. The molecule has 2 N–H and O–H groups in total. The van der Waals surface area contributed by atoms with E-state index >= 15 is 0 Å². The average Bonchev–Trinajstić information content (AvgIpc) is 2.58. The molecule has 1 aromatic heterocycles. The van der Waals surface area contributed by atoms with Crippen LogP contribution in [0.15, 0.2) is 0 Å². The number of nitrogen functional groups attached to an aromatic ring is 1. The lowest BCUT2D eigenvalue weighted by Gasteiger charge is -2.26. The predicted molar refractivity (Wildman–Crippen MR) is 66.2 cm³/mol. The first kappa shape index (κ1) is 13.0. The van der Waals surface area contributed by atoms with E-state index in [2.05, 4.69) is 0 Å². The average molecular weight is 240 g/mol. The van der Waals surface area contributed by atoms with Gasteiger partial charge in [-0.1, -0.05) is 13.8 Å². The highest BCUT2D eigenvalue weighted by atomic mass is 32.1. The van der Waals surface area contributed by atoms with Crippen molar-refractivity contribution in [3.8, 4) is 6.07 Å². The van der Waals surface area contributed by atoms with E-state index in [-0.39, 0.29) is 0 Å². The van der Waals surface area contributed by atoms with Crippen molar-refractivity contribution in [1.29, 1.82) is 5.26 Å². The maximum atomic E-state index is 14.1. The Labute approximate surface area is 99.9 Å². The lowest BCUT2D eigenvalue weighted by molar-refractivity contribution is 0.163. The standard InChI is InChI=1S/C10H11FN2S.C2H6/c1-10(11)4-2-3-7-8(10)6(5-12)9(13)14-7;1-2/h2-4,13H2,1H3;1-2H3. The summed E-state index contributed by atoms with van der Waals surface area (Å²) in [4.78, 5) is 0.954. The van der Waals surface area contributed by atoms with Gasteiger partial charge in [-0.2, -0.15) is 5.26 Å². The van der Waals surface area contributed by atoms with Crippen LogP contribution in [-0.4, -0.2) is 0 Å². The number of halogens is 1. The summed E-state index contributed by atoms with van der Waals surface area (Å²) in [5.41, 5.74) is 5.22. The molecular weight excluding hydrogens is 223 g/mol. The first-order valence-corrected chi connectivity index (χ1v) is 6.38. The Morgan fingerprint density at radius 3 is 2.69 bits per heavy atom. The van der Waals surface area contributed by atoms with Crippen LogP contribution in [0.1, 0.15) is 49.6 Å². The van der Waals surface area contributed by atoms with Crippen LogP contribution in [0.4, 0.5) is 9.39 Å². The minimum atomic E-state index is -1.37. The fraction of sp³-hybridized carbons (Fsp3) is 0.583. The summed E-state index contributed by atoms with van der Waals surface area (Å²) in [5, 5.41) is 9.37. The summed E-state index contributed by atoms with van der Waals surface area (Å²) < 4.78 is 14.1. The summed E-state index contributed by atoms with van der Waals surface area (Å²) in [6, 6.07) is 2.00. The van der Waals surface area contributed by atoms with Crippen molar-refractivity contribution < 1.29 is 4.39 Å². The fourth-order valence-electron chi connectivity index (χ4n) is 2.04. The van der Waals surface area contributed by atoms with Crippen LogP contribution in [-0.2, 0) is 12.1 Å². The number of hydrogen-bond donors (Lipinski definition) is 1. The van der Waals surface area contributed by atoms with Gasteiger partial charge in [0.15, 0.2) is 0 Å². The Kier molecular flexibility index (Phi) is 3.93. The van der Waals surface area contributed by atoms with Gasteiger partial charge in [-0.25, -0.2) is 4.39 Å². The van der Waals surface area contributed by atoms with Crippen LogP contribution >= 0.6 is 11.3 Å². The van der Waals surface area contributed by atoms with E-state index in [1.807, 2.05) is 19.9 Å². The Hall–Kier alpha value is -1.08. The summed E-state index contributed by atoms with van der Waals surface area (Å²) >= 11 is 1.36. The molecule has 1 heterocycles. The second-order valence-electron chi connectivity index (χ2n) is 3.80. The van der Waals surface area contributed by atoms with Gasteiger partial charge in [0, 0.05) is 10.4 Å². The van der Waals surface area contributed by atoms with Crippen LogP contribution in [0.2, 0.25) is 0 Å². The van der Waals surface area contributed by atoms with E-state index in [1.54, 1.807) is 0 Å². The molecule has 1 unspecified atom stereocenters. The topological polar surface area (TPSA) is 49.8 Å². The van der Waals surface area contributed by atoms with E-state index in [4.69, 9.17) is 11.0 Å². The molecule has 1 aliphatic carbocycles. The molecule has 2 nitrogen and oxygen atoms in total. The second-order valence-corrected chi connectivity index (χ2v) is 4.94. The van der Waals surface area contributed by atoms with Crippen LogP contribution in [0.3, 0.4) is 0 Å². The zero-order valence-corrected chi connectivity index (χ0v) is 10.7. The number of fused-ring (bicyclic) bond motifs is 1. The Morgan fingerprint density at radius 2 is 2.12 bits per heavy atom. The van der Waals surface area contributed by atoms with Crippen molar-refractivity contribution >= 4 is 16.3 Å². The van der Waals surface area contributed by atoms with Crippen LogP contribution < -0.4 is 5.73 Å². The maximum Gasteiger partial charge on any atom is 0.135 e. The molecule has 16 heavy (non-hydrogen) atoms. The number of alkyl halides is 1. The van der Waals surface area contributed by atoms with E-state index < -0.39 is 5.67 Å². The number of thiophene rings is 1. The SMILES string of the molecule is CC.CC1(F)CCCc2sc(N)c(C#N)c21. The molecule has 2 rings (SSSR count). The summed E-state index contributed by atoms with van der Waals surface area (Å²) in [7, 11) is 0. The van der Waals surface area contributed by atoms with Crippen LogP contribution in [0.25, 0.3) is 0 Å². The van der Waals surface area contributed by atoms with E-state index in [1.165, 1.54) is 18.3 Å². The van der Waals surface area contributed by atoms with Crippen LogP contribution in [0, 0.1) is 11.3 Å². The van der Waals surface area contributed by atoms with Crippen molar-refractivity contribution in [3.05, 3.63) is 16.0 Å². The van der Waals surface area contributed by atoms with Crippen LogP contribution in [0.5, 0.6) is 0 Å². The largest absolute Gasteiger partial charge is 0.389 e. The highest BCUT2D eigenvalue weighted by Gasteiger charge is 2.36. The molecule has 0 aliphatic heterocycles. The van der Waals surface area contributed by atoms with Gasteiger partial charge in [0.25, 0.3) is 0 Å². The normalized spacial score (nSPS) is 22.7. The number of nitrogens with two attached hydrogens (primary N) is 1. The molecule has 0 saturated heterocycles. The first-order valence-electron chi connectivity index (χ1n) is 5.57. The molecule has 1 atom stereocenters. The Balaban J connectivity index is 0.000000606. The van der Waals surface area contributed by atoms with Gasteiger partial charge in [0.1, 0.15) is 16.7 Å². The smallest absolute Gasteiger partial charge is 0.135 e. The fourth-order valence-corrected chi connectivity index (χ4v) is 3.22. The van der Waals surface area contributed by atoms with E-state index in [9.17, 15) is 4.39 Å². The molecule has 0 amide bonds. The minimum Gasteiger partial charge on any atom is -0.389 e. The maximum absolute atomic E-state index is 14.1. The second kappa shape index (κ2) is 4.84. The van der Waals surface area contributed by atoms with Gasteiger partial charge < -0.3 is 5.73 Å². The molecule has 1 aliphatic rings. The van der Waals surface area contributed by atoms with E-state index in [0.717, 1.165) is 17.7 Å². The third kappa shape index (κ3) is 2.05. The molecule has 88 valence electrons. The number of nitrogens with zero attached hydrogens (tertiary/aromatic N) is 1. The third-order valence-electron chi connectivity index (χ3n) is 2.69. The number of hydrogen-bond acceptors (Lipinski definition) is 3. The van der Waals surface area contributed by atoms with Crippen molar-refractivity contribution in [2.24, 2.45) is 0 Å². The molecule has 0 aromatic carbocycles. The first-order chi connectivity index (χ1) is 7.56. The van der Waals surface area contributed by atoms with Crippen molar-refractivity contribution in [2.75, 3.05) is 5.73 Å². The Bertz CT molecular complexity index is 415. The molecule has 0 saturated carbocycles. The molecular formula is C12H17FN2S. The number of anilines is 1. The molecule has 0 bridgehead atoms. The van der Waals surface area contributed by atoms with E-state index in [0.29, 0.717) is 22.5 Å². The third-order valence-corrected chi connectivity index (χ3v) is 3.77. The Morgan fingerprint density at radius 1 is 1.50 bits per heavy atom. The molecule has 4 heteroatoms. The van der Waals surface area contributed by atoms with Gasteiger partial charge >= 0.3 is 0 Å². The van der Waals surface area contributed by atoms with Gasteiger partial charge in [-0.3, -0.25) is 0 Å². The number of aryl methyl sites for hydroxylation is 1. The van der Waals surface area contributed by atoms with Crippen molar-refractivity contribution in [1.82, 2.24) is 0 Å². The number of rotatable bonds is 0. The molecule has 0 fully saturated rings. The summed E-state index contributed by atoms with van der Waals surface area (Å²) in [6.45, 7) is 5.54. The lowest BCUT2D eigenvalue weighted by atomic mass is 9.84.